The average molecular weight is 365 g/mol. The van der Waals surface area contributed by atoms with Gasteiger partial charge >= 0.3 is 0 Å². The second-order valence-electron chi connectivity index (χ2n) is 7.76. The molecular weight excluding hydrogens is 342 g/mol. The van der Waals surface area contributed by atoms with E-state index in [9.17, 15) is 9.59 Å². The molecule has 27 heavy (non-hydrogen) atoms. The fraction of sp³-hybridized carbons (Fsp3) is 0.450. The summed E-state index contributed by atoms with van der Waals surface area (Å²) < 4.78 is 0. The monoisotopic (exact) mass is 365 g/mol. The highest BCUT2D eigenvalue weighted by molar-refractivity contribution is 5.93. The Morgan fingerprint density at radius 2 is 1.67 bits per heavy atom. The molecule has 140 valence electrons. The minimum atomic E-state index is -0.293. The van der Waals surface area contributed by atoms with Crippen LogP contribution in [0.5, 0.6) is 0 Å². The molecule has 0 aliphatic heterocycles. The molecule has 2 amide bonds. The van der Waals surface area contributed by atoms with Gasteiger partial charge in [0.15, 0.2) is 0 Å². The van der Waals surface area contributed by atoms with Gasteiger partial charge in [0, 0.05) is 23.5 Å². The molecule has 2 atom stereocenters. The number of fused-ring (bicyclic) bond motifs is 2. The summed E-state index contributed by atoms with van der Waals surface area (Å²) in [5.41, 5.74) is 0.905. The highest BCUT2D eigenvalue weighted by Crippen LogP contribution is 2.48. The van der Waals surface area contributed by atoms with E-state index in [-0.39, 0.29) is 22.9 Å². The third-order valence-electron chi connectivity index (χ3n) is 5.71. The Bertz CT molecular complexity index is 872. The van der Waals surface area contributed by atoms with Crippen molar-refractivity contribution >= 4 is 11.8 Å². The van der Waals surface area contributed by atoms with Gasteiger partial charge in [-0.05, 0) is 57.6 Å². The summed E-state index contributed by atoms with van der Waals surface area (Å²) in [7, 11) is 0. The Morgan fingerprint density at radius 1 is 0.963 bits per heavy atom. The molecule has 0 saturated heterocycles. The zero-order valence-corrected chi connectivity index (χ0v) is 15.4. The standard InChI is InChI=1S/C20H23N5O2/c1-14-11-21-12-16(23-14)18(27)25-20-7-4-6-19(13-20,8-9-20)24-17(26)15-5-2-3-10-22-15/h2-3,5,10-12H,4,6-9,13H2,1H3,(H,24,26)(H,25,27). The van der Waals surface area contributed by atoms with Crippen LogP contribution >= 0.6 is 0 Å². The van der Waals surface area contributed by atoms with Gasteiger partial charge in [-0.15, -0.1) is 0 Å². The first-order valence-electron chi connectivity index (χ1n) is 9.34. The highest BCUT2D eigenvalue weighted by Gasteiger charge is 2.52. The van der Waals surface area contributed by atoms with Crippen molar-refractivity contribution in [2.45, 2.75) is 56.5 Å². The van der Waals surface area contributed by atoms with Crippen LogP contribution in [0.4, 0.5) is 0 Å². The molecule has 4 rings (SSSR count). The van der Waals surface area contributed by atoms with Crippen molar-refractivity contribution in [1.29, 1.82) is 0 Å². The Balaban J connectivity index is 1.48. The van der Waals surface area contributed by atoms with E-state index in [0.717, 1.165) is 38.5 Å². The molecule has 2 saturated carbocycles. The Hall–Kier alpha value is -2.83. The molecule has 0 aromatic carbocycles. The lowest BCUT2D eigenvalue weighted by atomic mass is 9.78. The number of pyridine rings is 1. The Kier molecular flexibility index (Phi) is 4.37. The van der Waals surface area contributed by atoms with E-state index in [1.807, 2.05) is 13.0 Å². The van der Waals surface area contributed by atoms with E-state index in [1.54, 1.807) is 24.5 Å². The highest BCUT2D eigenvalue weighted by atomic mass is 16.2. The normalized spacial score (nSPS) is 26.4. The summed E-state index contributed by atoms with van der Waals surface area (Å²) in [4.78, 5) is 37.8. The second kappa shape index (κ2) is 6.72. The molecule has 0 spiro atoms. The maximum absolute atomic E-state index is 12.7. The van der Waals surface area contributed by atoms with Crippen molar-refractivity contribution in [3.05, 3.63) is 53.9 Å². The zero-order chi connectivity index (χ0) is 18.9. The maximum atomic E-state index is 12.7. The van der Waals surface area contributed by atoms with Gasteiger partial charge in [-0.25, -0.2) is 4.98 Å². The van der Waals surface area contributed by atoms with Crippen molar-refractivity contribution < 1.29 is 9.59 Å². The van der Waals surface area contributed by atoms with E-state index in [0.29, 0.717) is 17.1 Å². The Labute approximate surface area is 158 Å². The van der Waals surface area contributed by atoms with Crippen LogP contribution in [0.3, 0.4) is 0 Å². The molecule has 7 nitrogen and oxygen atoms in total. The number of aryl methyl sites for hydroxylation is 1. The molecule has 2 aliphatic rings. The van der Waals surface area contributed by atoms with Crippen LogP contribution in [0.15, 0.2) is 36.8 Å². The van der Waals surface area contributed by atoms with E-state index in [4.69, 9.17) is 0 Å². The van der Waals surface area contributed by atoms with Gasteiger partial charge < -0.3 is 10.6 Å². The first-order valence-corrected chi connectivity index (χ1v) is 9.34. The van der Waals surface area contributed by atoms with Crippen molar-refractivity contribution in [2.24, 2.45) is 0 Å². The molecule has 2 unspecified atom stereocenters. The van der Waals surface area contributed by atoms with Gasteiger partial charge in [-0.3, -0.25) is 19.6 Å². The molecule has 2 fully saturated rings. The van der Waals surface area contributed by atoms with Crippen molar-refractivity contribution in [1.82, 2.24) is 25.6 Å². The number of amides is 2. The van der Waals surface area contributed by atoms with Gasteiger partial charge in [0.05, 0.1) is 11.9 Å². The fourth-order valence-corrected chi connectivity index (χ4v) is 4.51. The van der Waals surface area contributed by atoms with E-state index < -0.39 is 0 Å². The minimum Gasteiger partial charge on any atom is -0.345 e. The third-order valence-corrected chi connectivity index (χ3v) is 5.71. The summed E-state index contributed by atoms with van der Waals surface area (Å²) in [5, 5.41) is 6.40. The van der Waals surface area contributed by atoms with Gasteiger partial charge in [0.2, 0.25) is 0 Å². The molecule has 2 aromatic heterocycles. The minimum absolute atomic E-state index is 0.149. The molecule has 0 radical (unpaired) electrons. The number of aromatic nitrogens is 3. The largest absolute Gasteiger partial charge is 0.345 e. The fourth-order valence-electron chi connectivity index (χ4n) is 4.51. The lowest BCUT2D eigenvalue weighted by molar-refractivity contribution is 0.0826. The summed E-state index contributed by atoms with van der Waals surface area (Å²) in [6.07, 6.45) is 9.98. The summed E-state index contributed by atoms with van der Waals surface area (Å²) in [6, 6.07) is 5.32. The summed E-state index contributed by atoms with van der Waals surface area (Å²) >= 11 is 0. The quantitative estimate of drug-likeness (QED) is 0.866. The summed E-state index contributed by atoms with van der Waals surface area (Å²) in [5.74, 6) is -0.343. The van der Waals surface area contributed by atoms with Crippen LogP contribution in [0.2, 0.25) is 0 Å². The molecule has 2 aliphatic carbocycles. The van der Waals surface area contributed by atoms with Crippen LogP contribution in [-0.4, -0.2) is 37.8 Å². The third kappa shape index (κ3) is 3.54. The molecule has 2 aromatic rings. The van der Waals surface area contributed by atoms with Gasteiger partial charge in [0.1, 0.15) is 11.4 Å². The smallest absolute Gasteiger partial charge is 0.271 e. The molecule has 2 bridgehead atoms. The van der Waals surface area contributed by atoms with E-state index >= 15 is 0 Å². The molecule has 7 heteroatoms. The molecule has 2 heterocycles. The number of nitrogens with one attached hydrogen (secondary N) is 2. The number of hydrogen-bond acceptors (Lipinski definition) is 5. The van der Waals surface area contributed by atoms with Crippen molar-refractivity contribution in [3.63, 3.8) is 0 Å². The number of nitrogens with zero attached hydrogens (tertiary/aromatic N) is 3. The maximum Gasteiger partial charge on any atom is 0.271 e. The van der Waals surface area contributed by atoms with E-state index in [2.05, 4.69) is 25.6 Å². The number of carbonyl (C=O) groups excluding carboxylic acids is 2. The van der Waals surface area contributed by atoms with Crippen LogP contribution in [0.1, 0.15) is 65.2 Å². The first-order chi connectivity index (χ1) is 13.0. The van der Waals surface area contributed by atoms with Crippen LogP contribution < -0.4 is 10.6 Å². The SMILES string of the molecule is Cc1cncc(C(=O)NC23CCCC(NC(=O)c4ccccn4)(CC2)C3)n1. The van der Waals surface area contributed by atoms with Crippen LogP contribution in [0.25, 0.3) is 0 Å². The number of hydrogen-bond donors (Lipinski definition) is 2. The Morgan fingerprint density at radius 3 is 2.30 bits per heavy atom. The lowest BCUT2D eigenvalue weighted by Gasteiger charge is -2.40. The predicted octanol–water partition coefficient (Wildman–Crippen LogP) is 2.19. The van der Waals surface area contributed by atoms with Crippen molar-refractivity contribution in [2.75, 3.05) is 0 Å². The summed E-state index contributed by atoms with van der Waals surface area (Å²) in [6.45, 7) is 1.82. The van der Waals surface area contributed by atoms with Crippen molar-refractivity contribution in [3.8, 4) is 0 Å². The number of carbonyl (C=O) groups is 2. The number of rotatable bonds is 4. The predicted molar refractivity (Wildman–Crippen MR) is 99.1 cm³/mol. The second-order valence-corrected chi connectivity index (χ2v) is 7.76. The van der Waals surface area contributed by atoms with Crippen LogP contribution in [-0.2, 0) is 0 Å². The topological polar surface area (TPSA) is 96.9 Å². The van der Waals surface area contributed by atoms with E-state index in [1.165, 1.54) is 6.20 Å². The van der Waals surface area contributed by atoms with Gasteiger partial charge in [-0.1, -0.05) is 6.07 Å². The molecule has 2 N–H and O–H groups in total. The van der Waals surface area contributed by atoms with Crippen LogP contribution in [0, 0.1) is 6.92 Å². The van der Waals surface area contributed by atoms with Gasteiger partial charge in [0.25, 0.3) is 11.8 Å². The molecular formula is C20H23N5O2. The van der Waals surface area contributed by atoms with Gasteiger partial charge in [-0.2, -0.15) is 0 Å². The lowest BCUT2D eigenvalue weighted by Crippen LogP contribution is -2.55. The first kappa shape index (κ1) is 17.6. The zero-order valence-electron chi connectivity index (χ0n) is 15.4. The average Bonchev–Trinajstić information content (AvgIpc) is 2.92.